The molecule has 29 heavy (non-hydrogen) atoms. The van der Waals surface area contributed by atoms with Gasteiger partial charge in [0.1, 0.15) is 0 Å². The van der Waals surface area contributed by atoms with Crippen molar-refractivity contribution < 1.29 is 0 Å². The standard InChI is InChI=1S/C25H46N2P2/c1-23(2,3)29(24(4,5)6)18-19-12-11-13-20(19)25(28,21-14-7-9-16-26-21)22-15-8-10-17-27-22/h11-13,19,21-22,26-27H,7-10,14-18,28H2,1-6H3. The molecule has 4 atom stereocenters. The third-order valence-corrected chi connectivity index (χ3v) is 12.4. The van der Waals surface area contributed by atoms with Crippen LogP contribution in [0, 0.1) is 5.92 Å². The van der Waals surface area contributed by atoms with E-state index in [1.54, 1.807) is 5.57 Å². The number of hydrogen-bond donors (Lipinski definition) is 2. The highest BCUT2D eigenvalue weighted by Crippen LogP contribution is 2.62. The topological polar surface area (TPSA) is 24.1 Å². The number of nitrogens with one attached hydrogen (secondary N) is 2. The second kappa shape index (κ2) is 9.40. The molecule has 0 aromatic carbocycles. The van der Waals surface area contributed by atoms with E-state index in [9.17, 15) is 0 Å². The molecule has 0 amide bonds. The van der Waals surface area contributed by atoms with Gasteiger partial charge in [0.05, 0.1) is 0 Å². The Morgan fingerprint density at radius 1 is 0.897 bits per heavy atom. The van der Waals surface area contributed by atoms with Gasteiger partial charge in [-0.3, -0.25) is 0 Å². The van der Waals surface area contributed by atoms with Crippen LogP contribution >= 0.6 is 17.2 Å². The minimum Gasteiger partial charge on any atom is -0.313 e. The molecule has 4 unspecified atom stereocenters. The Hall–Kier alpha value is 0.260. The van der Waals surface area contributed by atoms with E-state index in [-0.39, 0.29) is 13.1 Å². The quantitative estimate of drug-likeness (QED) is 0.511. The first kappa shape index (κ1) is 23.9. The molecule has 2 N–H and O–H groups in total. The molecule has 2 fully saturated rings. The normalized spacial score (nSPS) is 31.0. The largest absolute Gasteiger partial charge is 0.313 e. The van der Waals surface area contributed by atoms with Gasteiger partial charge in [-0.25, -0.2) is 0 Å². The van der Waals surface area contributed by atoms with Gasteiger partial charge >= 0.3 is 0 Å². The van der Waals surface area contributed by atoms with E-state index in [2.05, 4.69) is 79.6 Å². The highest BCUT2D eigenvalue weighted by atomic mass is 31.1. The Morgan fingerprint density at radius 2 is 1.41 bits per heavy atom. The molecule has 1 aliphatic carbocycles. The van der Waals surface area contributed by atoms with Gasteiger partial charge in [0.15, 0.2) is 0 Å². The average molecular weight is 437 g/mol. The fourth-order valence-corrected chi connectivity index (χ4v) is 10.8. The van der Waals surface area contributed by atoms with Crippen molar-refractivity contribution >= 4 is 17.2 Å². The van der Waals surface area contributed by atoms with Crippen LogP contribution in [0.3, 0.4) is 0 Å². The van der Waals surface area contributed by atoms with Gasteiger partial charge in [-0.05, 0) is 60.8 Å². The molecule has 0 saturated carbocycles. The van der Waals surface area contributed by atoms with Crippen LogP contribution in [-0.4, -0.2) is 46.8 Å². The number of hydrogen-bond acceptors (Lipinski definition) is 2. The third kappa shape index (κ3) is 5.37. The van der Waals surface area contributed by atoms with Crippen molar-refractivity contribution in [3.05, 3.63) is 23.8 Å². The van der Waals surface area contributed by atoms with Crippen molar-refractivity contribution in [3.8, 4) is 0 Å². The Kier molecular flexibility index (Phi) is 7.75. The predicted molar refractivity (Wildman–Crippen MR) is 136 cm³/mol. The SMILES string of the molecule is CC(C)(C)P(CC1C=CC=C1C(P)(C1CCCCN1)C1CCCCN1)C(C)(C)C. The monoisotopic (exact) mass is 436 g/mol. The maximum Gasteiger partial charge on any atom is 0.0370 e. The first-order chi connectivity index (χ1) is 13.5. The molecule has 2 nitrogen and oxygen atoms in total. The van der Waals surface area contributed by atoms with Crippen LogP contribution in [0.25, 0.3) is 0 Å². The van der Waals surface area contributed by atoms with Crippen LogP contribution in [0.1, 0.15) is 80.1 Å². The van der Waals surface area contributed by atoms with Crippen LogP contribution < -0.4 is 10.6 Å². The molecule has 4 heteroatoms. The van der Waals surface area contributed by atoms with Gasteiger partial charge in [-0.15, -0.1) is 9.24 Å². The lowest BCUT2D eigenvalue weighted by Crippen LogP contribution is -2.62. The van der Waals surface area contributed by atoms with Crippen LogP contribution in [0.5, 0.6) is 0 Å². The molecule has 2 aliphatic heterocycles. The first-order valence-corrected chi connectivity index (χ1v) is 14.1. The van der Waals surface area contributed by atoms with Gasteiger partial charge in [0.25, 0.3) is 0 Å². The van der Waals surface area contributed by atoms with Gasteiger partial charge < -0.3 is 10.6 Å². The Morgan fingerprint density at radius 3 is 1.83 bits per heavy atom. The Bertz CT molecular complexity index is 567. The van der Waals surface area contributed by atoms with Gasteiger partial charge in [-0.1, -0.05) is 80.5 Å². The van der Waals surface area contributed by atoms with E-state index in [1.165, 1.54) is 57.8 Å². The predicted octanol–water partition coefficient (Wildman–Crippen LogP) is 6.08. The average Bonchev–Trinajstić information content (AvgIpc) is 3.14. The minimum atomic E-state index is -0.105. The zero-order valence-corrected chi connectivity index (χ0v) is 21.9. The van der Waals surface area contributed by atoms with Crippen molar-refractivity contribution in [2.24, 2.45) is 5.92 Å². The van der Waals surface area contributed by atoms with Gasteiger partial charge in [-0.2, -0.15) is 0 Å². The minimum absolute atomic E-state index is 0.105. The smallest absolute Gasteiger partial charge is 0.0370 e. The van der Waals surface area contributed by atoms with Crippen LogP contribution in [0.15, 0.2) is 23.8 Å². The molecule has 3 aliphatic rings. The molecule has 166 valence electrons. The lowest BCUT2D eigenvalue weighted by molar-refractivity contribution is 0.255. The molecular formula is C25H46N2P2. The fourth-order valence-electron chi connectivity index (χ4n) is 6.06. The first-order valence-electron chi connectivity index (χ1n) is 12.0. The van der Waals surface area contributed by atoms with E-state index in [0.29, 0.717) is 28.3 Å². The van der Waals surface area contributed by atoms with Crippen molar-refractivity contribution in [2.75, 3.05) is 19.3 Å². The molecule has 0 spiro atoms. The van der Waals surface area contributed by atoms with Crippen molar-refractivity contribution in [1.82, 2.24) is 10.6 Å². The summed E-state index contributed by atoms with van der Waals surface area (Å²) in [7, 11) is 3.31. The van der Waals surface area contributed by atoms with Crippen LogP contribution in [-0.2, 0) is 0 Å². The summed E-state index contributed by atoms with van der Waals surface area (Å²) in [6.07, 6.45) is 16.7. The summed E-state index contributed by atoms with van der Waals surface area (Å²) in [6.45, 7) is 17.1. The summed E-state index contributed by atoms with van der Waals surface area (Å²) in [5.74, 6) is 0.588. The maximum atomic E-state index is 3.94. The van der Waals surface area contributed by atoms with Crippen LogP contribution in [0.4, 0.5) is 0 Å². The summed E-state index contributed by atoms with van der Waals surface area (Å²) >= 11 is 0. The summed E-state index contributed by atoms with van der Waals surface area (Å²) < 4.78 is 0. The summed E-state index contributed by atoms with van der Waals surface area (Å²) in [4.78, 5) is 0. The zero-order chi connectivity index (χ0) is 21.3. The van der Waals surface area contributed by atoms with Gasteiger partial charge in [0, 0.05) is 23.2 Å². The lowest BCUT2D eigenvalue weighted by atomic mass is 9.74. The van der Waals surface area contributed by atoms with E-state index in [4.69, 9.17) is 0 Å². The summed E-state index contributed by atoms with van der Waals surface area (Å²) in [5.41, 5.74) is 1.68. The lowest BCUT2D eigenvalue weighted by Gasteiger charge is -2.51. The number of allylic oxidation sites excluding steroid dienone is 3. The highest BCUT2D eigenvalue weighted by molar-refractivity contribution is 7.60. The second-order valence-electron chi connectivity index (χ2n) is 11.5. The Balaban J connectivity index is 1.90. The number of rotatable bonds is 5. The number of piperidine rings is 2. The van der Waals surface area contributed by atoms with E-state index >= 15 is 0 Å². The molecular weight excluding hydrogens is 390 g/mol. The van der Waals surface area contributed by atoms with Crippen molar-refractivity contribution in [2.45, 2.75) is 108 Å². The van der Waals surface area contributed by atoms with E-state index in [0.717, 1.165) is 0 Å². The zero-order valence-electron chi connectivity index (χ0n) is 19.9. The Labute approximate surface area is 184 Å². The van der Waals surface area contributed by atoms with Crippen molar-refractivity contribution in [3.63, 3.8) is 0 Å². The molecule has 0 bridgehead atoms. The summed E-state index contributed by atoms with van der Waals surface area (Å²) in [6, 6.07) is 1.14. The fraction of sp³-hybridized carbons (Fsp3) is 0.840. The third-order valence-electron chi connectivity index (χ3n) is 7.29. The second-order valence-corrected chi connectivity index (χ2v) is 16.4. The van der Waals surface area contributed by atoms with E-state index < -0.39 is 0 Å². The van der Waals surface area contributed by atoms with Crippen molar-refractivity contribution in [1.29, 1.82) is 0 Å². The molecule has 2 saturated heterocycles. The molecule has 0 aromatic heterocycles. The molecule has 2 heterocycles. The summed E-state index contributed by atoms with van der Waals surface area (Å²) in [5, 5.41) is 8.78. The maximum absolute atomic E-state index is 3.94. The van der Waals surface area contributed by atoms with Crippen LogP contribution in [0.2, 0.25) is 0 Å². The molecule has 0 radical (unpaired) electrons. The molecule has 0 aromatic rings. The van der Waals surface area contributed by atoms with E-state index in [1.807, 2.05) is 0 Å². The van der Waals surface area contributed by atoms with Gasteiger partial charge in [0.2, 0.25) is 0 Å². The molecule has 3 rings (SSSR count). The highest BCUT2D eigenvalue weighted by Gasteiger charge is 2.48.